The Balaban J connectivity index is 2.22. The lowest BCUT2D eigenvalue weighted by molar-refractivity contribution is -0.383. The van der Waals surface area contributed by atoms with Gasteiger partial charge < -0.3 is 20.1 Å². The van der Waals surface area contributed by atoms with Crippen LogP contribution in [-0.4, -0.2) is 58.9 Å². The topological polar surface area (TPSA) is 114 Å². The van der Waals surface area contributed by atoms with Crippen LogP contribution < -0.4 is 10.2 Å². The normalized spacial score (nSPS) is 17.5. The summed E-state index contributed by atoms with van der Waals surface area (Å²) in [4.78, 5) is 20.6. The van der Waals surface area contributed by atoms with E-state index in [9.17, 15) is 10.1 Å². The highest BCUT2D eigenvalue weighted by molar-refractivity contribution is 5.70. The second-order valence-corrected chi connectivity index (χ2v) is 4.97. The van der Waals surface area contributed by atoms with E-state index in [1.165, 1.54) is 6.33 Å². The predicted molar refractivity (Wildman–Crippen MR) is 81.1 cm³/mol. The molecule has 1 atom stereocenters. The second-order valence-electron chi connectivity index (χ2n) is 4.97. The highest BCUT2D eigenvalue weighted by Crippen LogP contribution is 2.31. The molecule has 0 aromatic carbocycles. The summed E-state index contributed by atoms with van der Waals surface area (Å²) in [5.41, 5.74) is -0.171. The van der Waals surface area contributed by atoms with Gasteiger partial charge in [-0.15, -0.1) is 0 Å². The molecule has 1 unspecified atom stereocenters. The smallest absolute Gasteiger partial charge is 0.353 e. The van der Waals surface area contributed by atoms with Crippen LogP contribution in [-0.2, 0) is 4.74 Å². The van der Waals surface area contributed by atoms with Gasteiger partial charge in [-0.3, -0.25) is 10.1 Å². The number of nitrogens with one attached hydrogen (secondary N) is 1. The minimum Gasteiger partial charge on any atom is -0.395 e. The van der Waals surface area contributed by atoms with Crippen molar-refractivity contribution in [3.8, 4) is 0 Å². The fraction of sp³-hybridized carbons (Fsp3) is 0.692. The summed E-state index contributed by atoms with van der Waals surface area (Å²) in [6.07, 6.45) is 3.28. The summed E-state index contributed by atoms with van der Waals surface area (Å²) in [6, 6.07) is 0. The van der Waals surface area contributed by atoms with Crippen LogP contribution in [0.1, 0.15) is 19.8 Å². The van der Waals surface area contributed by atoms with Gasteiger partial charge >= 0.3 is 5.69 Å². The highest BCUT2D eigenvalue weighted by Gasteiger charge is 2.27. The average molecular weight is 311 g/mol. The number of hydrogen-bond donors (Lipinski definition) is 2. The molecule has 1 saturated heterocycles. The van der Waals surface area contributed by atoms with E-state index in [4.69, 9.17) is 9.84 Å². The van der Waals surface area contributed by atoms with E-state index >= 15 is 0 Å². The maximum absolute atomic E-state index is 11.4. The number of nitro groups is 1. The summed E-state index contributed by atoms with van der Waals surface area (Å²) < 4.78 is 5.49. The molecule has 1 fully saturated rings. The molecular formula is C13H21N5O4. The van der Waals surface area contributed by atoms with Gasteiger partial charge in [-0.25, -0.2) is 9.97 Å². The van der Waals surface area contributed by atoms with Gasteiger partial charge in [0, 0.05) is 26.2 Å². The molecule has 1 aromatic rings. The quantitative estimate of drug-likeness (QED) is 0.535. The van der Waals surface area contributed by atoms with Crippen molar-refractivity contribution in [3.05, 3.63) is 16.4 Å². The lowest BCUT2D eigenvalue weighted by atomic mass is 10.2. The van der Waals surface area contributed by atoms with E-state index in [0.717, 1.165) is 19.4 Å². The van der Waals surface area contributed by atoms with Gasteiger partial charge in [-0.05, 0) is 19.8 Å². The minimum absolute atomic E-state index is 0.0535. The zero-order valence-electron chi connectivity index (χ0n) is 12.6. The van der Waals surface area contributed by atoms with Crippen molar-refractivity contribution in [3.63, 3.8) is 0 Å². The van der Waals surface area contributed by atoms with Crippen LogP contribution in [0.2, 0.25) is 0 Å². The van der Waals surface area contributed by atoms with Gasteiger partial charge in [-0.2, -0.15) is 0 Å². The Bertz CT molecular complexity index is 507. The maximum Gasteiger partial charge on any atom is 0.353 e. The Kier molecular flexibility index (Phi) is 5.84. The number of hydrogen-bond acceptors (Lipinski definition) is 8. The summed E-state index contributed by atoms with van der Waals surface area (Å²) >= 11 is 0. The van der Waals surface area contributed by atoms with E-state index in [0.29, 0.717) is 13.1 Å². The lowest BCUT2D eigenvalue weighted by Gasteiger charge is -2.21. The van der Waals surface area contributed by atoms with Gasteiger partial charge in [0.2, 0.25) is 11.6 Å². The number of nitrogens with zero attached hydrogens (tertiary/aromatic N) is 4. The Morgan fingerprint density at radius 2 is 2.41 bits per heavy atom. The second kappa shape index (κ2) is 7.85. The first-order valence-corrected chi connectivity index (χ1v) is 7.38. The Hall–Kier alpha value is -2.00. The van der Waals surface area contributed by atoms with Crippen LogP contribution in [0.3, 0.4) is 0 Å². The van der Waals surface area contributed by atoms with E-state index < -0.39 is 4.92 Å². The third kappa shape index (κ3) is 3.80. The van der Waals surface area contributed by atoms with E-state index in [2.05, 4.69) is 15.3 Å². The first kappa shape index (κ1) is 16.4. The van der Waals surface area contributed by atoms with Gasteiger partial charge in [0.25, 0.3) is 0 Å². The van der Waals surface area contributed by atoms with Crippen molar-refractivity contribution in [1.82, 2.24) is 9.97 Å². The fourth-order valence-electron chi connectivity index (χ4n) is 2.45. The molecule has 0 aliphatic carbocycles. The van der Waals surface area contributed by atoms with Crippen molar-refractivity contribution in [2.45, 2.75) is 25.9 Å². The van der Waals surface area contributed by atoms with E-state index in [1.807, 2.05) is 6.92 Å². The molecule has 0 spiro atoms. The zero-order chi connectivity index (χ0) is 15.9. The first-order chi connectivity index (χ1) is 10.7. The minimum atomic E-state index is -0.493. The maximum atomic E-state index is 11.4. The molecule has 22 heavy (non-hydrogen) atoms. The summed E-state index contributed by atoms with van der Waals surface area (Å²) in [6.45, 7) is 3.73. The third-order valence-corrected chi connectivity index (χ3v) is 3.56. The molecule has 9 heteroatoms. The Morgan fingerprint density at radius 3 is 3.00 bits per heavy atom. The lowest BCUT2D eigenvalue weighted by Crippen LogP contribution is -2.28. The molecule has 0 amide bonds. The predicted octanol–water partition coefficient (Wildman–Crippen LogP) is 0.794. The number of ether oxygens (including phenoxy) is 1. The molecule has 1 aliphatic rings. The van der Waals surface area contributed by atoms with Crippen LogP contribution >= 0.6 is 0 Å². The van der Waals surface area contributed by atoms with Gasteiger partial charge in [0.1, 0.15) is 6.33 Å². The van der Waals surface area contributed by atoms with Crippen LogP contribution in [0.25, 0.3) is 0 Å². The fourth-order valence-corrected chi connectivity index (χ4v) is 2.45. The number of aliphatic hydroxyl groups excluding tert-OH is 1. The molecular weight excluding hydrogens is 290 g/mol. The number of anilines is 2. The number of aromatic nitrogens is 2. The van der Waals surface area contributed by atoms with E-state index in [1.54, 1.807) is 4.90 Å². The first-order valence-electron chi connectivity index (χ1n) is 7.38. The SMILES string of the molecule is CCN(CCO)c1ncnc(NCC2CCCO2)c1[N+](=O)[O-]. The molecule has 2 rings (SSSR count). The summed E-state index contributed by atoms with van der Waals surface area (Å²) in [5, 5.41) is 23.5. The van der Waals surface area contributed by atoms with Crippen molar-refractivity contribution in [2.24, 2.45) is 0 Å². The van der Waals surface area contributed by atoms with E-state index in [-0.39, 0.29) is 36.6 Å². The highest BCUT2D eigenvalue weighted by atomic mass is 16.6. The summed E-state index contributed by atoms with van der Waals surface area (Å²) in [5.74, 6) is 0.397. The molecule has 2 N–H and O–H groups in total. The Morgan fingerprint density at radius 1 is 1.59 bits per heavy atom. The molecule has 1 aliphatic heterocycles. The van der Waals surface area contributed by atoms with Crippen molar-refractivity contribution in [1.29, 1.82) is 0 Å². The van der Waals surface area contributed by atoms with Crippen molar-refractivity contribution in [2.75, 3.05) is 43.1 Å². The molecule has 0 radical (unpaired) electrons. The molecule has 0 bridgehead atoms. The number of rotatable bonds is 8. The molecule has 122 valence electrons. The molecule has 2 heterocycles. The van der Waals surface area contributed by atoms with Crippen LogP contribution in [0.15, 0.2) is 6.33 Å². The summed E-state index contributed by atoms with van der Waals surface area (Å²) in [7, 11) is 0. The molecule has 9 nitrogen and oxygen atoms in total. The zero-order valence-corrected chi connectivity index (χ0v) is 12.6. The molecule has 0 saturated carbocycles. The van der Waals surface area contributed by atoms with Crippen molar-refractivity contribution >= 4 is 17.3 Å². The molecule has 1 aromatic heterocycles. The van der Waals surface area contributed by atoms with Gasteiger partial charge in [0.15, 0.2) is 0 Å². The van der Waals surface area contributed by atoms with Gasteiger partial charge in [-0.1, -0.05) is 0 Å². The van der Waals surface area contributed by atoms with Crippen LogP contribution in [0.5, 0.6) is 0 Å². The largest absolute Gasteiger partial charge is 0.395 e. The Labute approximate surface area is 128 Å². The van der Waals surface area contributed by atoms with Crippen LogP contribution in [0, 0.1) is 10.1 Å². The average Bonchev–Trinajstić information content (AvgIpc) is 3.03. The van der Waals surface area contributed by atoms with Gasteiger partial charge in [0.05, 0.1) is 17.6 Å². The van der Waals surface area contributed by atoms with Crippen LogP contribution in [0.4, 0.5) is 17.3 Å². The number of aliphatic hydroxyl groups is 1. The standard InChI is InChI=1S/C13H21N5O4/c1-2-17(5-6-19)13-11(18(20)21)12(15-9-16-13)14-8-10-4-3-7-22-10/h9-10,19H,2-8H2,1H3,(H,14,15,16). The van der Waals surface area contributed by atoms with Crippen molar-refractivity contribution < 1.29 is 14.8 Å². The third-order valence-electron chi connectivity index (χ3n) is 3.56. The monoisotopic (exact) mass is 311 g/mol. The number of likely N-dealkylation sites (N-methyl/N-ethyl adjacent to an activating group) is 1.